The molecule has 0 bridgehead atoms. The van der Waals surface area contributed by atoms with E-state index in [0.717, 1.165) is 23.6 Å². The molecule has 0 heterocycles. The van der Waals surface area contributed by atoms with E-state index in [1.807, 2.05) is 48.5 Å². The third kappa shape index (κ3) is 13.1. The molecule has 9 heteroatoms. The van der Waals surface area contributed by atoms with Crippen LogP contribution in [-0.4, -0.2) is 55.2 Å². The van der Waals surface area contributed by atoms with Crippen molar-refractivity contribution in [3.05, 3.63) is 102 Å². The number of ketones is 1. The van der Waals surface area contributed by atoms with Crippen molar-refractivity contribution in [3.8, 4) is 23.0 Å². The first kappa shape index (κ1) is 34.3. The summed E-state index contributed by atoms with van der Waals surface area (Å²) in [6.45, 7) is 10.6. The highest BCUT2D eigenvalue weighted by Crippen LogP contribution is 2.24. The van der Waals surface area contributed by atoms with Crippen LogP contribution >= 0.6 is 0 Å². The fourth-order valence-electron chi connectivity index (χ4n) is 4.11. The lowest BCUT2D eigenvalue weighted by atomic mass is 10.1. The fourth-order valence-corrected chi connectivity index (χ4v) is 4.11. The molecule has 0 aliphatic heterocycles. The van der Waals surface area contributed by atoms with Gasteiger partial charge in [-0.1, -0.05) is 18.2 Å². The monoisotopic (exact) mass is 589 g/mol. The van der Waals surface area contributed by atoms with Gasteiger partial charge in [-0.2, -0.15) is 0 Å². The van der Waals surface area contributed by atoms with Crippen LogP contribution < -0.4 is 24.2 Å². The highest BCUT2D eigenvalue weighted by Gasteiger charge is 2.16. The van der Waals surface area contributed by atoms with Crippen molar-refractivity contribution in [1.82, 2.24) is 0 Å². The smallest absolute Gasteiger partial charge is 0.328 e. The molecule has 0 amide bonds. The maximum Gasteiger partial charge on any atom is 0.328 e. The molecule has 3 aromatic rings. The molecule has 0 aliphatic carbocycles. The second-order valence-corrected chi connectivity index (χ2v) is 10.0. The first-order valence-electron chi connectivity index (χ1n) is 13.8. The van der Waals surface area contributed by atoms with E-state index in [0.29, 0.717) is 47.9 Å². The quantitative estimate of drug-likeness (QED) is 0.215. The van der Waals surface area contributed by atoms with Crippen molar-refractivity contribution in [1.29, 1.82) is 0 Å². The van der Waals surface area contributed by atoms with E-state index in [-0.39, 0.29) is 5.78 Å². The molecule has 2 N–H and O–H groups in total. The number of carbonyl (C=O) groups excluding carboxylic acids is 2. The van der Waals surface area contributed by atoms with Crippen molar-refractivity contribution in [2.75, 3.05) is 20.3 Å². The highest BCUT2D eigenvalue weighted by molar-refractivity contribution is 6.06. The number of methoxy groups -OCH3 is 1. The molecular formula is C34H39NO8. The van der Waals surface area contributed by atoms with Crippen molar-refractivity contribution >= 4 is 23.8 Å². The Bertz CT molecular complexity index is 1350. The average Bonchev–Trinajstić information content (AvgIpc) is 2.98. The second-order valence-electron chi connectivity index (χ2n) is 10.0. The average molecular weight is 590 g/mol. The van der Waals surface area contributed by atoms with E-state index in [1.165, 1.54) is 4.90 Å². The molecule has 0 atom stereocenters. The van der Waals surface area contributed by atoms with Crippen LogP contribution in [0.3, 0.4) is 0 Å². The topological polar surface area (TPSA) is 127 Å². The van der Waals surface area contributed by atoms with E-state index < -0.39 is 11.9 Å². The minimum Gasteiger partial charge on any atom is -0.545 e. The zero-order valence-corrected chi connectivity index (χ0v) is 25.1. The Morgan fingerprint density at radius 3 is 1.91 bits per heavy atom. The Kier molecular flexibility index (Phi) is 14.2. The predicted molar refractivity (Wildman–Crippen MR) is 163 cm³/mol. The third-order valence-corrected chi connectivity index (χ3v) is 6.22. The fraction of sp³-hybridized carbons (Fsp3) is 0.265. The number of quaternary nitrogens is 1. The van der Waals surface area contributed by atoms with Gasteiger partial charge in [-0.25, -0.2) is 4.79 Å². The summed E-state index contributed by atoms with van der Waals surface area (Å²) >= 11 is 0. The number of carbonyl (C=O) groups is 3. The molecule has 0 fully saturated rings. The van der Waals surface area contributed by atoms with E-state index in [9.17, 15) is 19.5 Å². The number of carboxylic acids is 2. The molecule has 3 aromatic carbocycles. The zero-order valence-electron chi connectivity index (χ0n) is 25.1. The SMILES string of the molecule is COc1cccc(/C=C/C(=O)c2ccc(Oc3ccc(OCC[NH+](C(C)C)C(C)C)cc3)cc2)c1.O=C([O-])/C=C/C(=O)O. The summed E-state index contributed by atoms with van der Waals surface area (Å²) in [4.78, 5) is 33.0. The minimum absolute atomic E-state index is 0.0730. The molecular weight excluding hydrogens is 550 g/mol. The molecule has 9 nitrogen and oxygen atoms in total. The first-order chi connectivity index (χ1) is 20.5. The maximum absolute atomic E-state index is 12.5. The lowest BCUT2D eigenvalue weighted by molar-refractivity contribution is -0.942. The van der Waals surface area contributed by atoms with Crippen molar-refractivity contribution in [2.24, 2.45) is 0 Å². The van der Waals surface area contributed by atoms with Crippen LogP contribution in [0.1, 0.15) is 43.6 Å². The van der Waals surface area contributed by atoms with Crippen LogP contribution in [0.2, 0.25) is 0 Å². The van der Waals surface area contributed by atoms with E-state index in [2.05, 4.69) is 27.7 Å². The van der Waals surface area contributed by atoms with Crippen molar-refractivity contribution in [3.63, 3.8) is 0 Å². The molecule has 0 saturated heterocycles. The predicted octanol–water partition coefficient (Wildman–Crippen LogP) is 3.84. The van der Waals surface area contributed by atoms with Gasteiger partial charge in [0.05, 0.1) is 25.2 Å². The number of allylic oxidation sites excluding steroid dienone is 1. The molecule has 43 heavy (non-hydrogen) atoms. The minimum atomic E-state index is -1.51. The third-order valence-electron chi connectivity index (χ3n) is 6.22. The zero-order chi connectivity index (χ0) is 31.8. The lowest BCUT2D eigenvalue weighted by Crippen LogP contribution is -3.18. The Hall–Kier alpha value is -4.89. The molecule has 3 rings (SSSR count). The number of hydrogen-bond acceptors (Lipinski definition) is 7. The Morgan fingerprint density at radius 1 is 0.814 bits per heavy atom. The summed E-state index contributed by atoms with van der Waals surface area (Å²) in [7, 11) is 1.62. The number of nitrogens with one attached hydrogen (secondary N) is 1. The van der Waals surface area contributed by atoms with Gasteiger partial charge in [0.15, 0.2) is 5.78 Å². The molecule has 0 unspecified atom stereocenters. The van der Waals surface area contributed by atoms with Crippen LogP contribution in [0, 0.1) is 0 Å². The number of hydrogen-bond donors (Lipinski definition) is 2. The largest absolute Gasteiger partial charge is 0.545 e. The Labute approximate surface area is 252 Å². The summed E-state index contributed by atoms with van der Waals surface area (Å²) in [5, 5.41) is 17.2. The molecule has 0 radical (unpaired) electrons. The van der Waals surface area contributed by atoms with Gasteiger partial charge in [-0.15, -0.1) is 0 Å². The summed E-state index contributed by atoms with van der Waals surface area (Å²) in [6.07, 6.45) is 4.29. The van der Waals surface area contributed by atoms with Gasteiger partial charge in [0, 0.05) is 11.6 Å². The highest BCUT2D eigenvalue weighted by atomic mass is 16.5. The molecule has 0 spiro atoms. The van der Waals surface area contributed by atoms with Gasteiger partial charge >= 0.3 is 5.97 Å². The van der Waals surface area contributed by atoms with Crippen LogP contribution in [0.25, 0.3) is 6.08 Å². The maximum atomic E-state index is 12.5. The summed E-state index contributed by atoms with van der Waals surface area (Å²) in [6, 6.07) is 23.4. The van der Waals surface area contributed by atoms with Crippen molar-refractivity contribution in [2.45, 2.75) is 39.8 Å². The number of carboxylic acid groups (broad SMARTS) is 2. The van der Waals surface area contributed by atoms with Crippen LogP contribution in [0.5, 0.6) is 23.0 Å². The van der Waals surface area contributed by atoms with Gasteiger partial charge < -0.3 is 34.1 Å². The van der Waals surface area contributed by atoms with Crippen LogP contribution in [0.4, 0.5) is 0 Å². The normalized spacial score (nSPS) is 11.1. The second kappa shape index (κ2) is 17.8. The van der Waals surface area contributed by atoms with Gasteiger partial charge in [0.25, 0.3) is 0 Å². The Morgan fingerprint density at radius 2 is 1.40 bits per heavy atom. The standard InChI is InChI=1S/C30H35NO4.C4H4O4/c1-22(2)31(23(3)4)19-20-34-26-14-16-28(17-15-26)35-27-12-10-25(11-13-27)30(32)18-9-24-7-6-8-29(21-24)33-5;5-3(6)1-2-4(7)8/h6-18,21-23H,19-20H2,1-5H3;1-2H,(H,5,6)(H,7,8)/b18-9+;2-1+. The number of benzene rings is 3. The Balaban J connectivity index is 0.000000708. The van der Waals surface area contributed by atoms with Gasteiger partial charge in [-0.3, -0.25) is 4.79 Å². The molecule has 228 valence electrons. The van der Waals surface area contributed by atoms with Crippen molar-refractivity contribution < 1.29 is 43.7 Å². The lowest BCUT2D eigenvalue weighted by Gasteiger charge is -2.27. The first-order valence-corrected chi connectivity index (χ1v) is 13.8. The summed E-state index contributed by atoms with van der Waals surface area (Å²) in [5.41, 5.74) is 1.50. The van der Waals surface area contributed by atoms with E-state index in [4.69, 9.17) is 19.3 Å². The van der Waals surface area contributed by atoms with Gasteiger partial charge in [-0.05, 0) is 106 Å². The van der Waals surface area contributed by atoms with Gasteiger partial charge in [0.1, 0.15) is 36.1 Å². The van der Waals surface area contributed by atoms with Crippen LogP contribution in [-0.2, 0) is 9.59 Å². The van der Waals surface area contributed by atoms with E-state index in [1.54, 1.807) is 43.5 Å². The van der Waals surface area contributed by atoms with Gasteiger partial charge in [0.2, 0.25) is 0 Å². The molecule has 0 aromatic heterocycles. The molecule has 0 aliphatic rings. The van der Waals surface area contributed by atoms with E-state index >= 15 is 0 Å². The number of ether oxygens (including phenoxy) is 3. The number of rotatable bonds is 14. The molecule has 0 saturated carbocycles. The summed E-state index contributed by atoms with van der Waals surface area (Å²) < 4.78 is 17.1. The summed E-state index contributed by atoms with van der Waals surface area (Å²) in [5.74, 6) is 0.0856. The number of aliphatic carboxylic acids is 2. The van der Waals surface area contributed by atoms with Crippen LogP contribution in [0.15, 0.2) is 91.0 Å².